The van der Waals surface area contributed by atoms with Gasteiger partial charge in [0.1, 0.15) is 11.7 Å². The first-order valence-electron chi connectivity index (χ1n) is 21.4. The molecule has 4 heteroatoms. The average molecular weight is 776 g/mol. The zero-order valence-corrected chi connectivity index (χ0v) is 34.1. The Morgan fingerprint density at radius 2 is 1.40 bits per heavy atom. The Morgan fingerprint density at radius 3 is 2.13 bits per heavy atom. The zero-order chi connectivity index (χ0) is 40.1. The molecule has 8 aromatic rings. The third-order valence-corrected chi connectivity index (χ3v) is 13.7. The van der Waals surface area contributed by atoms with E-state index in [4.69, 9.17) is 9.41 Å². The smallest absolute Gasteiger partial charge is 0.159 e. The van der Waals surface area contributed by atoms with E-state index < -0.39 is 0 Å². The third kappa shape index (κ3) is 5.13. The van der Waals surface area contributed by atoms with E-state index in [0.717, 1.165) is 45.4 Å². The van der Waals surface area contributed by atoms with Crippen LogP contribution in [-0.2, 0) is 5.41 Å². The predicted octanol–water partition coefficient (Wildman–Crippen LogP) is 13.9. The van der Waals surface area contributed by atoms with E-state index in [1.807, 2.05) is 0 Å². The zero-order valence-electron chi connectivity index (χ0n) is 34.1. The lowest BCUT2D eigenvalue weighted by molar-refractivity contribution is 0.441. The number of furan rings is 1. The van der Waals surface area contributed by atoms with Gasteiger partial charge in [-0.25, -0.2) is 0 Å². The molecule has 6 aromatic carbocycles. The number of fused-ring (bicyclic) bond motifs is 10. The second-order valence-electron chi connectivity index (χ2n) is 17.3. The number of benzene rings is 6. The number of anilines is 1. The van der Waals surface area contributed by atoms with Crippen LogP contribution in [0.15, 0.2) is 197 Å². The molecule has 4 nitrogen and oxygen atoms in total. The van der Waals surface area contributed by atoms with E-state index in [1.165, 1.54) is 55.2 Å². The van der Waals surface area contributed by atoms with Crippen LogP contribution in [0.25, 0.3) is 66.1 Å². The van der Waals surface area contributed by atoms with Gasteiger partial charge in [-0.1, -0.05) is 153 Å². The van der Waals surface area contributed by atoms with E-state index in [9.17, 15) is 0 Å². The van der Waals surface area contributed by atoms with Gasteiger partial charge in [-0.2, -0.15) is 0 Å². The summed E-state index contributed by atoms with van der Waals surface area (Å²) in [5.74, 6) is 0.609. The van der Waals surface area contributed by atoms with Crippen molar-refractivity contribution in [3.63, 3.8) is 0 Å². The maximum absolute atomic E-state index is 7.03. The van der Waals surface area contributed by atoms with Crippen molar-refractivity contribution >= 4 is 60.7 Å². The monoisotopic (exact) mass is 775 g/mol. The van der Waals surface area contributed by atoms with Crippen molar-refractivity contribution in [2.45, 2.75) is 44.8 Å². The molecule has 0 N–H and O–H groups in total. The summed E-state index contributed by atoms with van der Waals surface area (Å²) >= 11 is 0. The summed E-state index contributed by atoms with van der Waals surface area (Å²) in [4.78, 5) is 8.42. The van der Waals surface area contributed by atoms with Gasteiger partial charge in [-0.3, -0.25) is 4.99 Å². The van der Waals surface area contributed by atoms with Gasteiger partial charge in [0.25, 0.3) is 0 Å². The largest absolute Gasteiger partial charge is 0.454 e. The summed E-state index contributed by atoms with van der Waals surface area (Å²) in [6, 6.07) is 48.5. The van der Waals surface area contributed by atoms with Crippen molar-refractivity contribution in [2.75, 3.05) is 4.90 Å². The Kier molecular flexibility index (Phi) is 7.78. The number of nitrogens with zero attached hydrogens (tertiary/aromatic N) is 3. The molecule has 5 atom stereocenters. The van der Waals surface area contributed by atoms with Gasteiger partial charge in [-0.05, 0) is 95.1 Å². The summed E-state index contributed by atoms with van der Waals surface area (Å²) in [7, 11) is 0. The summed E-state index contributed by atoms with van der Waals surface area (Å²) in [6.45, 7) is 7.06. The number of aliphatic imine (C=N–C) groups is 1. The van der Waals surface area contributed by atoms with Crippen molar-refractivity contribution in [2.24, 2.45) is 16.8 Å². The molecule has 0 saturated heterocycles. The second kappa shape index (κ2) is 13.3. The van der Waals surface area contributed by atoms with Gasteiger partial charge >= 0.3 is 0 Å². The molecule has 12 rings (SSSR count). The molecule has 0 amide bonds. The van der Waals surface area contributed by atoms with Gasteiger partial charge in [0.15, 0.2) is 5.58 Å². The molecule has 5 unspecified atom stereocenters. The fourth-order valence-corrected chi connectivity index (χ4v) is 10.7. The molecular weight excluding hydrogens is 731 g/mol. The van der Waals surface area contributed by atoms with E-state index in [2.05, 4.69) is 212 Å². The first-order valence-corrected chi connectivity index (χ1v) is 21.4. The number of allylic oxidation sites excluding steroid dienone is 7. The van der Waals surface area contributed by atoms with Crippen LogP contribution in [0.5, 0.6) is 0 Å². The molecule has 2 aliphatic carbocycles. The number of aromatic nitrogens is 1. The normalized spacial score (nSPS) is 23.3. The first-order chi connectivity index (χ1) is 29.5. The van der Waals surface area contributed by atoms with E-state index in [1.54, 1.807) is 0 Å². The molecule has 4 heterocycles. The van der Waals surface area contributed by atoms with Crippen LogP contribution in [0.4, 0.5) is 5.69 Å². The number of dihydropyridines is 1. The van der Waals surface area contributed by atoms with Crippen LogP contribution in [0, 0.1) is 11.8 Å². The van der Waals surface area contributed by atoms with E-state index in [-0.39, 0.29) is 23.5 Å². The van der Waals surface area contributed by atoms with Gasteiger partial charge < -0.3 is 13.9 Å². The summed E-state index contributed by atoms with van der Waals surface area (Å²) in [5.41, 5.74) is 14.7. The number of hydrogen-bond acceptors (Lipinski definition) is 3. The fraction of sp³-hybridized carbons (Fsp3) is 0.161. The van der Waals surface area contributed by atoms with E-state index in [0.29, 0.717) is 5.92 Å². The van der Waals surface area contributed by atoms with Gasteiger partial charge in [0, 0.05) is 38.6 Å². The highest BCUT2D eigenvalue weighted by atomic mass is 16.3. The van der Waals surface area contributed by atoms with Crippen molar-refractivity contribution < 1.29 is 4.42 Å². The quantitative estimate of drug-likeness (QED) is 0.174. The van der Waals surface area contributed by atoms with E-state index >= 15 is 0 Å². The lowest BCUT2D eigenvalue weighted by Gasteiger charge is -2.42. The van der Waals surface area contributed by atoms with Crippen molar-refractivity contribution in [1.82, 2.24) is 4.57 Å². The maximum Gasteiger partial charge on any atom is 0.159 e. The predicted molar refractivity (Wildman–Crippen MR) is 251 cm³/mol. The Hall–Kier alpha value is -6.91. The van der Waals surface area contributed by atoms with Crippen LogP contribution in [0.1, 0.15) is 38.3 Å². The van der Waals surface area contributed by atoms with Crippen molar-refractivity contribution in [3.8, 4) is 16.8 Å². The maximum atomic E-state index is 7.03. The Labute approximate surface area is 350 Å². The van der Waals surface area contributed by atoms with Gasteiger partial charge in [-0.15, -0.1) is 0 Å². The Bertz CT molecular complexity index is 3190. The number of hydrogen-bond donors (Lipinski definition) is 0. The van der Waals surface area contributed by atoms with Gasteiger partial charge in [0.05, 0.1) is 28.5 Å². The molecular formula is C56H45N3O. The fourth-order valence-electron chi connectivity index (χ4n) is 10.7. The lowest BCUT2D eigenvalue weighted by Crippen LogP contribution is -2.49. The minimum atomic E-state index is -0.360. The third-order valence-electron chi connectivity index (χ3n) is 13.7. The second-order valence-corrected chi connectivity index (χ2v) is 17.3. The first kappa shape index (κ1) is 35.1. The summed E-state index contributed by atoms with van der Waals surface area (Å²) in [5, 5.41) is 4.79. The molecule has 0 spiro atoms. The number of para-hydroxylation sites is 3. The molecule has 4 aliphatic rings. The average Bonchev–Trinajstić information content (AvgIpc) is 3.93. The van der Waals surface area contributed by atoms with Crippen LogP contribution < -0.4 is 4.90 Å². The lowest BCUT2D eigenvalue weighted by atomic mass is 9.73. The topological polar surface area (TPSA) is 33.7 Å². The van der Waals surface area contributed by atoms with Crippen molar-refractivity contribution in [3.05, 3.63) is 199 Å². The SMILES string of the molecule is CC1C=CC(C2=NC(N3c4c(c(-c5ccc(-n6c7ccccc7c7ccccc76)cc5)cc5c4oc4ccccc45)C4(C)C=CC=CC34)C(C)C(c3ccccc3)=C2)=CC1. The Morgan fingerprint density at radius 1 is 0.700 bits per heavy atom. The van der Waals surface area contributed by atoms with Crippen LogP contribution >= 0.6 is 0 Å². The Balaban J connectivity index is 1.09. The van der Waals surface area contributed by atoms with Crippen molar-refractivity contribution in [1.29, 1.82) is 0 Å². The standard InChI is InChI=1S/C56H45N3O/c1-35-24-26-39(27-25-35)47-34-44(37-15-5-4-6-16-37)36(2)55(57-47)59-51-23-13-14-32-56(51,3)52-45(33-46-43-19-9-12-22-50(43)60-54(46)53(52)59)38-28-30-40(31-29-38)58-48-20-10-7-17-41(48)42-18-8-11-21-49(42)58/h4-24,26-36,51,55H,25H2,1-3H3. The van der Waals surface area contributed by atoms with Crippen LogP contribution in [0.2, 0.25) is 0 Å². The highest BCUT2D eigenvalue weighted by Gasteiger charge is 2.52. The molecule has 0 saturated carbocycles. The molecule has 0 fully saturated rings. The highest BCUT2D eigenvalue weighted by Crippen LogP contribution is 2.58. The molecule has 2 aromatic heterocycles. The summed E-state index contributed by atoms with van der Waals surface area (Å²) in [6.07, 6.45) is 19.4. The minimum Gasteiger partial charge on any atom is -0.454 e. The number of rotatable bonds is 5. The molecule has 0 bridgehead atoms. The molecule has 290 valence electrons. The summed E-state index contributed by atoms with van der Waals surface area (Å²) < 4.78 is 9.43. The van der Waals surface area contributed by atoms with Crippen LogP contribution in [0.3, 0.4) is 0 Å². The van der Waals surface area contributed by atoms with Crippen LogP contribution in [-0.4, -0.2) is 22.5 Å². The molecule has 60 heavy (non-hydrogen) atoms. The molecule has 0 radical (unpaired) electrons. The van der Waals surface area contributed by atoms with Gasteiger partial charge in [0.2, 0.25) is 0 Å². The molecule has 2 aliphatic heterocycles. The highest BCUT2D eigenvalue weighted by molar-refractivity contribution is 6.16. The minimum absolute atomic E-state index is 0.00964.